The van der Waals surface area contributed by atoms with Crippen molar-refractivity contribution in [1.29, 1.82) is 0 Å². The zero-order valence-electron chi connectivity index (χ0n) is 17.3. The highest BCUT2D eigenvalue weighted by molar-refractivity contribution is 5.93. The summed E-state index contributed by atoms with van der Waals surface area (Å²) in [5.74, 6) is 0.128. The van der Waals surface area contributed by atoms with Crippen LogP contribution in [0, 0.1) is 5.92 Å². The molecule has 0 aliphatic carbocycles. The van der Waals surface area contributed by atoms with Crippen LogP contribution in [-0.4, -0.2) is 52.4 Å². The van der Waals surface area contributed by atoms with Crippen LogP contribution in [0.3, 0.4) is 0 Å². The molecule has 2 aliphatic heterocycles. The first-order chi connectivity index (χ1) is 14.6. The van der Waals surface area contributed by atoms with Crippen molar-refractivity contribution in [2.45, 2.75) is 25.9 Å². The highest BCUT2D eigenvalue weighted by Gasteiger charge is 2.28. The van der Waals surface area contributed by atoms with E-state index in [2.05, 4.69) is 39.3 Å². The van der Waals surface area contributed by atoms with Crippen molar-refractivity contribution in [2.24, 2.45) is 5.92 Å². The number of aromatic nitrogens is 2. The largest absolute Gasteiger partial charge is 0.326 e. The van der Waals surface area contributed by atoms with Gasteiger partial charge in [-0.2, -0.15) is 0 Å². The van der Waals surface area contributed by atoms with E-state index >= 15 is 0 Å². The summed E-state index contributed by atoms with van der Waals surface area (Å²) in [6.45, 7) is 4.43. The summed E-state index contributed by atoms with van der Waals surface area (Å²) in [6, 6.07) is 14.3. The van der Waals surface area contributed by atoms with Gasteiger partial charge in [0, 0.05) is 31.9 Å². The van der Waals surface area contributed by atoms with Gasteiger partial charge in [-0.25, -0.2) is 4.98 Å². The number of hydrogen-bond donors (Lipinski definition) is 1. The second-order valence-electron chi connectivity index (χ2n) is 8.53. The van der Waals surface area contributed by atoms with Crippen LogP contribution in [-0.2, 0) is 24.3 Å². The first-order valence-corrected chi connectivity index (χ1v) is 10.7. The maximum absolute atomic E-state index is 12.8. The maximum Gasteiger partial charge on any atom is 0.228 e. The molecule has 1 atom stereocenters. The summed E-state index contributed by atoms with van der Waals surface area (Å²) >= 11 is 0. The van der Waals surface area contributed by atoms with Gasteiger partial charge in [-0.15, -0.1) is 0 Å². The SMILES string of the molecule is CN1CCc2ccc(NC(=O)[C@H]3CCN(Cc4cnc5ccccc5n4)C3)cc2C1. The van der Waals surface area contributed by atoms with Crippen molar-refractivity contribution >= 4 is 22.6 Å². The van der Waals surface area contributed by atoms with Gasteiger partial charge in [0.05, 0.1) is 28.8 Å². The van der Waals surface area contributed by atoms with Gasteiger partial charge < -0.3 is 10.2 Å². The number of nitrogens with one attached hydrogen (secondary N) is 1. The Kier molecular flexibility index (Phi) is 5.19. The van der Waals surface area contributed by atoms with E-state index in [9.17, 15) is 4.79 Å². The van der Waals surface area contributed by atoms with E-state index in [-0.39, 0.29) is 11.8 Å². The van der Waals surface area contributed by atoms with Crippen LogP contribution >= 0.6 is 0 Å². The molecule has 3 heterocycles. The molecule has 2 aromatic carbocycles. The van der Waals surface area contributed by atoms with E-state index in [0.29, 0.717) is 0 Å². The topological polar surface area (TPSA) is 61.4 Å². The second kappa shape index (κ2) is 8.13. The Morgan fingerprint density at radius 3 is 2.90 bits per heavy atom. The minimum Gasteiger partial charge on any atom is -0.326 e. The normalized spacial score (nSPS) is 19.7. The van der Waals surface area contributed by atoms with Crippen molar-refractivity contribution in [3.05, 3.63) is 65.5 Å². The molecule has 0 spiro atoms. The number of anilines is 1. The molecule has 1 saturated heterocycles. The van der Waals surface area contributed by atoms with Crippen molar-refractivity contribution < 1.29 is 4.79 Å². The molecule has 5 rings (SSSR count). The summed E-state index contributed by atoms with van der Waals surface area (Å²) in [6.07, 6.45) is 3.80. The van der Waals surface area contributed by atoms with Crippen LogP contribution in [0.25, 0.3) is 11.0 Å². The van der Waals surface area contributed by atoms with Crippen LogP contribution in [0.4, 0.5) is 5.69 Å². The minimum atomic E-state index is 0.0112. The Balaban J connectivity index is 1.20. The number of likely N-dealkylation sites (N-methyl/N-ethyl adjacent to an activating group) is 1. The number of para-hydroxylation sites is 2. The predicted octanol–water partition coefficient (Wildman–Crippen LogP) is 3.08. The third kappa shape index (κ3) is 4.06. The summed E-state index contributed by atoms with van der Waals surface area (Å²) in [7, 11) is 2.14. The molecule has 2 aliphatic rings. The molecule has 154 valence electrons. The molecule has 0 unspecified atom stereocenters. The van der Waals surface area contributed by atoms with E-state index in [1.54, 1.807) is 0 Å². The first-order valence-electron chi connectivity index (χ1n) is 10.7. The standard InChI is InChI=1S/C24H27N5O/c1-28-10-8-17-6-7-20(12-19(17)14-28)27-24(30)18-9-11-29(15-18)16-21-13-25-22-4-2-3-5-23(22)26-21/h2-7,12-13,18H,8-11,14-16H2,1H3,(H,27,30)/t18-/m0/s1. The Hall–Kier alpha value is -2.83. The summed E-state index contributed by atoms with van der Waals surface area (Å²) in [5, 5.41) is 3.15. The number of hydrogen-bond acceptors (Lipinski definition) is 5. The number of fused-ring (bicyclic) bond motifs is 2. The lowest BCUT2D eigenvalue weighted by molar-refractivity contribution is -0.119. The molecule has 0 radical (unpaired) electrons. The zero-order chi connectivity index (χ0) is 20.5. The number of carbonyl (C=O) groups excluding carboxylic acids is 1. The number of benzene rings is 2. The average molecular weight is 402 g/mol. The molecule has 6 heteroatoms. The van der Waals surface area contributed by atoms with Crippen LogP contribution < -0.4 is 5.32 Å². The average Bonchev–Trinajstić information content (AvgIpc) is 3.22. The van der Waals surface area contributed by atoms with E-state index in [4.69, 9.17) is 4.98 Å². The lowest BCUT2D eigenvalue weighted by Gasteiger charge is -2.25. The predicted molar refractivity (Wildman–Crippen MR) is 118 cm³/mol. The Morgan fingerprint density at radius 1 is 1.13 bits per heavy atom. The van der Waals surface area contributed by atoms with E-state index < -0.39 is 0 Å². The molecule has 0 bridgehead atoms. The first kappa shape index (κ1) is 19.2. The van der Waals surface area contributed by atoms with Gasteiger partial charge in [-0.05, 0) is 61.8 Å². The highest BCUT2D eigenvalue weighted by Crippen LogP contribution is 2.24. The molecule has 3 aromatic rings. The van der Waals surface area contributed by atoms with Crippen LogP contribution in [0.2, 0.25) is 0 Å². The molecular weight excluding hydrogens is 374 g/mol. The Morgan fingerprint density at radius 2 is 2.00 bits per heavy atom. The van der Waals surface area contributed by atoms with Gasteiger partial charge in [0.15, 0.2) is 0 Å². The van der Waals surface area contributed by atoms with E-state index in [1.807, 2.05) is 36.5 Å². The van der Waals surface area contributed by atoms with Gasteiger partial charge >= 0.3 is 0 Å². The van der Waals surface area contributed by atoms with Crippen LogP contribution in [0.1, 0.15) is 23.2 Å². The van der Waals surface area contributed by atoms with Gasteiger partial charge in [0.2, 0.25) is 5.91 Å². The lowest BCUT2D eigenvalue weighted by Crippen LogP contribution is -2.28. The number of carbonyl (C=O) groups is 1. The molecular formula is C24H27N5O. The second-order valence-corrected chi connectivity index (χ2v) is 8.53. The third-order valence-electron chi connectivity index (χ3n) is 6.20. The summed E-state index contributed by atoms with van der Waals surface area (Å²) < 4.78 is 0. The maximum atomic E-state index is 12.8. The molecule has 1 N–H and O–H groups in total. The van der Waals surface area contributed by atoms with Gasteiger partial charge in [0.1, 0.15) is 0 Å². The van der Waals surface area contributed by atoms with Crippen molar-refractivity contribution in [3.63, 3.8) is 0 Å². The summed E-state index contributed by atoms with van der Waals surface area (Å²) in [4.78, 5) is 26.7. The minimum absolute atomic E-state index is 0.0112. The molecule has 0 saturated carbocycles. The number of amides is 1. The van der Waals surface area contributed by atoms with Crippen LogP contribution in [0.15, 0.2) is 48.7 Å². The highest BCUT2D eigenvalue weighted by atomic mass is 16.1. The molecule has 30 heavy (non-hydrogen) atoms. The fraction of sp³-hybridized carbons (Fsp3) is 0.375. The fourth-order valence-electron chi connectivity index (χ4n) is 4.51. The Labute approximate surface area is 176 Å². The van der Waals surface area contributed by atoms with Crippen molar-refractivity contribution in [2.75, 3.05) is 32.0 Å². The van der Waals surface area contributed by atoms with Crippen LogP contribution in [0.5, 0.6) is 0 Å². The van der Waals surface area contributed by atoms with Crippen molar-refractivity contribution in [3.8, 4) is 0 Å². The zero-order valence-corrected chi connectivity index (χ0v) is 17.3. The number of likely N-dealkylation sites (tertiary alicyclic amines) is 1. The Bertz CT molecular complexity index is 1080. The van der Waals surface area contributed by atoms with Crippen molar-refractivity contribution in [1.82, 2.24) is 19.8 Å². The molecule has 1 aromatic heterocycles. The monoisotopic (exact) mass is 401 g/mol. The lowest BCUT2D eigenvalue weighted by atomic mass is 9.99. The fourth-order valence-corrected chi connectivity index (χ4v) is 4.51. The molecule has 1 amide bonds. The molecule has 6 nitrogen and oxygen atoms in total. The number of nitrogens with zero attached hydrogens (tertiary/aromatic N) is 4. The third-order valence-corrected chi connectivity index (χ3v) is 6.20. The van der Waals surface area contributed by atoms with Gasteiger partial charge in [-0.1, -0.05) is 18.2 Å². The van der Waals surface area contributed by atoms with Gasteiger partial charge in [0.25, 0.3) is 0 Å². The smallest absolute Gasteiger partial charge is 0.228 e. The van der Waals surface area contributed by atoms with E-state index in [0.717, 1.165) is 68.0 Å². The quantitative estimate of drug-likeness (QED) is 0.728. The number of rotatable bonds is 4. The summed E-state index contributed by atoms with van der Waals surface area (Å²) in [5.41, 5.74) is 6.42. The van der Waals surface area contributed by atoms with Gasteiger partial charge in [-0.3, -0.25) is 14.7 Å². The molecule has 1 fully saturated rings. The van der Waals surface area contributed by atoms with E-state index in [1.165, 1.54) is 11.1 Å².